The summed E-state index contributed by atoms with van der Waals surface area (Å²) >= 11 is 0. The minimum Gasteiger partial charge on any atom is -0.480 e. The molecule has 5 heteroatoms. The van der Waals surface area contributed by atoms with Gasteiger partial charge in [0.25, 0.3) is 0 Å². The molecule has 2 N–H and O–H groups in total. The summed E-state index contributed by atoms with van der Waals surface area (Å²) in [4.78, 5) is 11.1. The first-order chi connectivity index (χ1) is 7.80. The maximum Gasteiger partial charge on any atom is 0.320 e. The lowest BCUT2D eigenvalue weighted by molar-refractivity contribution is -0.253. The summed E-state index contributed by atoms with van der Waals surface area (Å²) in [6, 6.07) is -0.587. The van der Waals surface area contributed by atoms with Crippen LogP contribution in [0.5, 0.6) is 0 Å². The predicted molar refractivity (Wildman–Crippen MR) is 63.8 cm³/mol. The number of carbonyl (C=O) groups is 1. The highest BCUT2D eigenvalue weighted by atomic mass is 16.7. The van der Waals surface area contributed by atoms with Crippen molar-refractivity contribution in [3.8, 4) is 0 Å². The standard InChI is InChI=1S/C12H23NO4/c1-8(2)5-10(11(14)15)13-9-6-16-12(3,4)17-7-9/h8-10,13H,5-7H2,1-4H3,(H,14,15). The molecule has 1 fully saturated rings. The van der Waals surface area contributed by atoms with E-state index in [0.717, 1.165) is 0 Å². The Kier molecular flexibility index (Phi) is 4.91. The van der Waals surface area contributed by atoms with Gasteiger partial charge in [0, 0.05) is 0 Å². The molecule has 0 saturated carbocycles. The van der Waals surface area contributed by atoms with E-state index >= 15 is 0 Å². The second kappa shape index (κ2) is 5.80. The zero-order chi connectivity index (χ0) is 13.1. The van der Waals surface area contributed by atoms with Crippen molar-refractivity contribution in [1.29, 1.82) is 0 Å². The van der Waals surface area contributed by atoms with Crippen molar-refractivity contribution < 1.29 is 19.4 Å². The van der Waals surface area contributed by atoms with Crippen LogP contribution in [0.1, 0.15) is 34.1 Å². The maximum absolute atomic E-state index is 11.1. The molecule has 0 amide bonds. The van der Waals surface area contributed by atoms with E-state index in [0.29, 0.717) is 25.6 Å². The topological polar surface area (TPSA) is 67.8 Å². The van der Waals surface area contributed by atoms with Crippen LogP contribution in [0, 0.1) is 5.92 Å². The molecule has 1 rings (SSSR count). The van der Waals surface area contributed by atoms with Crippen LogP contribution in [0.3, 0.4) is 0 Å². The Morgan fingerprint density at radius 2 is 1.94 bits per heavy atom. The Bertz CT molecular complexity index is 255. The minimum absolute atomic E-state index is 0.0529. The molecule has 1 aliphatic rings. The van der Waals surface area contributed by atoms with E-state index in [1.54, 1.807) is 0 Å². The van der Waals surface area contributed by atoms with Crippen LogP contribution in [0.15, 0.2) is 0 Å². The number of carboxylic acid groups (broad SMARTS) is 1. The van der Waals surface area contributed by atoms with Crippen LogP contribution in [0.25, 0.3) is 0 Å². The molecule has 0 aromatic carbocycles. The molecule has 0 aliphatic carbocycles. The highest BCUT2D eigenvalue weighted by Gasteiger charge is 2.31. The van der Waals surface area contributed by atoms with Gasteiger partial charge >= 0.3 is 5.97 Å². The fourth-order valence-electron chi connectivity index (χ4n) is 1.78. The molecule has 0 spiro atoms. The summed E-state index contributed by atoms with van der Waals surface area (Å²) < 4.78 is 11.0. The second-order valence-corrected chi connectivity index (χ2v) is 5.41. The summed E-state index contributed by atoms with van der Waals surface area (Å²) in [5.74, 6) is -1.04. The Morgan fingerprint density at radius 1 is 1.41 bits per heavy atom. The van der Waals surface area contributed by atoms with Gasteiger partial charge < -0.3 is 14.6 Å². The zero-order valence-corrected chi connectivity index (χ0v) is 11.0. The zero-order valence-electron chi connectivity index (χ0n) is 11.0. The summed E-state index contributed by atoms with van der Waals surface area (Å²) in [6.07, 6.45) is 0.606. The number of hydrogen-bond acceptors (Lipinski definition) is 4. The van der Waals surface area contributed by atoms with Crippen molar-refractivity contribution in [2.24, 2.45) is 5.92 Å². The Labute approximate surface area is 102 Å². The summed E-state index contributed by atoms with van der Waals surface area (Å²) in [5, 5.41) is 12.2. The first-order valence-electron chi connectivity index (χ1n) is 6.07. The monoisotopic (exact) mass is 245 g/mol. The summed E-state index contributed by atoms with van der Waals surface area (Å²) in [6.45, 7) is 8.69. The quantitative estimate of drug-likeness (QED) is 0.762. The average Bonchev–Trinajstić information content (AvgIpc) is 2.19. The van der Waals surface area contributed by atoms with Crippen LogP contribution in [-0.2, 0) is 14.3 Å². The van der Waals surface area contributed by atoms with Gasteiger partial charge in [0.1, 0.15) is 6.04 Å². The van der Waals surface area contributed by atoms with E-state index in [9.17, 15) is 4.79 Å². The molecule has 1 unspecified atom stereocenters. The van der Waals surface area contributed by atoms with Gasteiger partial charge in [0.2, 0.25) is 0 Å². The highest BCUT2D eigenvalue weighted by molar-refractivity contribution is 5.73. The maximum atomic E-state index is 11.1. The highest BCUT2D eigenvalue weighted by Crippen LogP contribution is 2.17. The largest absolute Gasteiger partial charge is 0.480 e. The smallest absolute Gasteiger partial charge is 0.320 e. The van der Waals surface area contributed by atoms with Crippen LogP contribution >= 0.6 is 0 Å². The van der Waals surface area contributed by atoms with Crippen molar-refractivity contribution in [3.05, 3.63) is 0 Å². The van der Waals surface area contributed by atoms with E-state index in [2.05, 4.69) is 5.32 Å². The number of ether oxygens (including phenoxy) is 2. The van der Waals surface area contributed by atoms with Crippen molar-refractivity contribution in [2.45, 2.75) is 52.0 Å². The first-order valence-corrected chi connectivity index (χ1v) is 6.07. The van der Waals surface area contributed by atoms with Crippen LogP contribution < -0.4 is 5.32 Å². The third kappa shape index (κ3) is 5.02. The number of carboxylic acids is 1. The van der Waals surface area contributed by atoms with Gasteiger partial charge in [0.15, 0.2) is 5.79 Å². The fraction of sp³-hybridized carbons (Fsp3) is 0.917. The molecule has 100 valence electrons. The van der Waals surface area contributed by atoms with E-state index in [1.165, 1.54) is 0 Å². The van der Waals surface area contributed by atoms with E-state index < -0.39 is 17.8 Å². The number of aliphatic carboxylic acids is 1. The molecular formula is C12H23NO4. The second-order valence-electron chi connectivity index (χ2n) is 5.41. The lowest BCUT2D eigenvalue weighted by atomic mass is 10.0. The fourth-order valence-corrected chi connectivity index (χ4v) is 1.78. The lowest BCUT2D eigenvalue weighted by Gasteiger charge is -2.36. The molecule has 5 nitrogen and oxygen atoms in total. The lowest BCUT2D eigenvalue weighted by Crippen LogP contribution is -2.53. The van der Waals surface area contributed by atoms with Crippen LogP contribution in [-0.4, -0.2) is 42.2 Å². The van der Waals surface area contributed by atoms with Gasteiger partial charge in [-0.1, -0.05) is 13.8 Å². The number of rotatable bonds is 5. The molecule has 0 aromatic heterocycles. The molecule has 17 heavy (non-hydrogen) atoms. The Balaban J connectivity index is 2.43. The average molecular weight is 245 g/mol. The van der Waals surface area contributed by atoms with Crippen molar-refractivity contribution >= 4 is 5.97 Å². The van der Waals surface area contributed by atoms with Crippen LogP contribution in [0.4, 0.5) is 0 Å². The van der Waals surface area contributed by atoms with Gasteiger partial charge in [0.05, 0.1) is 19.3 Å². The van der Waals surface area contributed by atoms with Crippen molar-refractivity contribution in [1.82, 2.24) is 5.32 Å². The summed E-state index contributed by atoms with van der Waals surface area (Å²) in [7, 11) is 0. The van der Waals surface area contributed by atoms with E-state index in [-0.39, 0.29) is 6.04 Å². The van der Waals surface area contributed by atoms with E-state index in [4.69, 9.17) is 14.6 Å². The molecule has 1 aliphatic heterocycles. The Morgan fingerprint density at radius 3 is 2.35 bits per heavy atom. The molecule has 1 heterocycles. The third-order valence-electron chi connectivity index (χ3n) is 2.71. The molecule has 0 radical (unpaired) electrons. The van der Waals surface area contributed by atoms with Crippen molar-refractivity contribution in [2.75, 3.05) is 13.2 Å². The van der Waals surface area contributed by atoms with E-state index in [1.807, 2.05) is 27.7 Å². The van der Waals surface area contributed by atoms with Gasteiger partial charge in [-0.3, -0.25) is 10.1 Å². The molecule has 0 bridgehead atoms. The number of hydrogen-bond donors (Lipinski definition) is 2. The molecular weight excluding hydrogens is 222 g/mol. The van der Waals surface area contributed by atoms with Gasteiger partial charge in [-0.25, -0.2) is 0 Å². The minimum atomic E-state index is -0.816. The molecule has 1 atom stereocenters. The van der Waals surface area contributed by atoms with Crippen LogP contribution in [0.2, 0.25) is 0 Å². The van der Waals surface area contributed by atoms with Gasteiger partial charge in [-0.05, 0) is 26.2 Å². The van der Waals surface area contributed by atoms with Gasteiger partial charge in [-0.15, -0.1) is 0 Å². The number of nitrogens with one attached hydrogen (secondary N) is 1. The predicted octanol–water partition coefficient (Wildman–Crippen LogP) is 1.23. The SMILES string of the molecule is CC(C)CC(NC1COC(C)(C)OC1)C(=O)O. The third-order valence-corrected chi connectivity index (χ3v) is 2.71. The Hall–Kier alpha value is -0.650. The van der Waals surface area contributed by atoms with Crippen molar-refractivity contribution in [3.63, 3.8) is 0 Å². The van der Waals surface area contributed by atoms with Gasteiger partial charge in [-0.2, -0.15) is 0 Å². The normalized spacial score (nSPS) is 22.6. The summed E-state index contributed by atoms with van der Waals surface area (Å²) in [5.41, 5.74) is 0. The molecule has 0 aromatic rings. The molecule has 1 saturated heterocycles. The first kappa shape index (κ1) is 14.4.